The summed E-state index contributed by atoms with van der Waals surface area (Å²) in [4.78, 5) is 16.9. The molecule has 0 unspecified atom stereocenters. The predicted octanol–water partition coefficient (Wildman–Crippen LogP) is 5.27. The number of fused-ring (bicyclic) bond motifs is 1. The monoisotopic (exact) mass is 359 g/mol. The maximum absolute atomic E-state index is 12.8. The second-order valence-electron chi connectivity index (χ2n) is 5.81. The molecule has 1 aromatic heterocycles. The quantitative estimate of drug-likeness (QED) is 0.582. The van der Waals surface area contributed by atoms with Crippen LogP contribution in [0, 0.1) is 0 Å². The van der Waals surface area contributed by atoms with Gasteiger partial charge < -0.3 is 4.74 Å². The van der Waals surface area contributed by atoms with E-state index in [1.165, 1.54) is 12.1 Å². The Morgan fingerprint density at radius 1 is 1.04 bits per heavy atom. The van der Waals surface area contributed by atoms with Crippen molar-refractivity contribution in [3.05, 3.63) is 71.3 Å². The molecule has 3 nitrogen and oxygen atoms in total. The van der Waals surface area contributed by atoms with E-state index in [0.717, 1.165) is 18.6 Å². The lowest BCUT2D eigenvalue weighted by atomic mass is 10.00. The lowest BCUT2D eigenvalue weighted by Crippen LogP contribution is -2.08. The molecule has 0 spiro atoms. The van der Waals surface area contributed by atoms with Crippen molar-refractivity contribution in [2.75, 3.05) is 6.61 Å². The molecule has 0 aliphatic carbocycles. The molecule has 134 valence electrons. The lowest BCUT2D eigenvalue weighted by Gasteiger charge is -2.09. The normalized spacial score (nSPS) is 11.5. The van der Waals surface area contributed by atoms with Crippen LogP contribution < -0.4 is 4.74 Å². The molecule has 1 heterocycles. The number of halogens is 3. The fraction of sp³-hybridized carbons (Fsp3) is 0.200. The molecule has 0 radical (unpaired) electrons. The van der Waals surface area contributed by atoms with Crippen LogP contribution in [-0.2, 0) is 6.18 Å². The Bertz CT molecular complexity index is 951. The molecule has 0 saturated heterocycles. The SMILES string of the molecule is CCCOc1ccc2cc(C(=O)c3cccc(C(F)(F)F)c3)ccc2n1. The van der Waals surface area contributed by atoms with Gasteiger partial charge in [0, 0.05) is 22.6 Å². The molecule has 6 heteroatoms. The maximum Gasteiger partial charge on any atom is 0.416 e. The van der Waals surface area contributed by atoms with Crippen LogP contribution in [0.5, 0.6) is 5.88 Å². The fourth-order valence-electron chi connectivity index (χ4n) is 2.54. The summed E-state index contributed by atoms with van der Waals surface area (Å²) in [5.74, 6) is 0.0283. The summed E-state index contributed by atoms with van der Waals surface area (Å²) in [5, 5.41) is 0.715. The largest absolute Gasteiger partial charge is 0.478 e. The van der Waals surface area contributed by atoms with Gasteiger partial charge >= 0.3 is 6.18 Å². The number of carbonyl (C=O) groups is 1. The van der Waals surface area contributed by atoms with E-state index in [1.54, 1.807) is 30.3 Å². The van der Waals surface area contributed by atoms with Crippen LogP contribution >= 0.6 is 0 Å². The molecule has 0 atom stereocenters. The number of pyridine rings is 1. The van der Waals surface area contributed by atoms with Crippen molar-refractivity contribution >= 4 is 16.7 Å². The number of benzene rings is 2. The van der Waals surface area contributed by atoms with Crippen molar-refractivity contribution in [1.29, 1.82) is 0 Å². The predicted molar refractivity (Wildman–Crippen MR) is 92.4 cm³/mol. The first-order valence-electron chi connectivity index (χ1n) is 8.14. The topological polar surface area (TPSA) is 39.2 Å². The van der Waals surface area contributed by atoms with Crippen LogP contribution in [-0.4, -0.2) is 17.4 Å². The molecular formula is C20H16F3NO2. The van der Waals surface area contributed by atoms with Gasteiger partial charge in [-0.25, -0.2) is 4.98 Å². The molecule has 0 fully saturated rings. The minimum absolute atomic E-state index is 0.00460. The van der Waals surface area contributed by atoms with Crippen molar-refractivity contribution in [3.63, 3.8) is 0 Å². The highest BCUT2D eigenvalue weighted by atomic mass is 19.4. The third-order valence-electron chi connectivity index (χ3n) is 3.83. The number of rotatable bonds is 5. The van der Waals surface area contributed by atoms with Crippen LogP contribution in [0.2, 0.25) is 0 Å². The maximum atomic E-state index is 12.8. The van der Waals surface area contributed by atoms with E-state index < -0.39 is 17.5 Å². The zero-order valence-electron chi connectivity index (χ0n) is 14.0. The van der Waals surface area contributed by atoms with Crippen LogP contribution in [0.25, 0.3) is 10.9 Å². The Labute approximate surface area is 148 Å². The summed E-state index contributed by atoms with van der Waals surface area (Å²) in [6.07, 6.45) is -3.62. The fourth-order valence-corrected chi connectivity index (χ4v) is 2.54. The first kappa shape index (κ1) is 17.9. The number of alkyl halides is 3. The molecule has 0 saturated carbocycles. The van der Waals surface area contributed by atoms with Gasteiger partial charge in [0.25, 0.3) is 0 Å². The van der Waals surface area contributed by atoms with E-state index in [4.69, 9.17) is 4.74 Å². The summed E-state index contributed by atoms with van der Waals surface area (Å²) in [6, 6.07) is 12.7. The molecule has 2 aromatic carbocycles. The Hall–Kier alpha value is -2.89. The van der Waals surface area contributed by atoms with Crippen molar-refractivity contribution in [2.45, 2.75) is 19.5 Å². The van der Waals surface area contributed by atoms with E-state index in [-0.39, 0.29) is 5.56 Å². The van der Waals surface area contributed by atoms with E-state index in [1.807, 2.05) is 6.92 Å². The van der Waals surface area contributed by atoms with Gasteiger partial charge in [-0.15, -0.1) is 0 Å². The molecular weight excluding hydrogens is 343 g/mol. The zero-order valence-corrected chi connectivity index (χ0v) is 14.0. The van der Waals surface area contributed by atoms with E-state index in [9.17, 15) is 18.0 Å². The zero-order chi connectivity index (χ0) is 18.7. The van der Waals surface area contributed by atoms with Gasteiger partial charge in [-0.05, 0) is 42.8 Å². The Morgan fingerprint density at radius 2 is 1.81 bits per heavy atom. The highest BCUT2D eigenvalue weighted by molar-refractivity contribution is 6.10. The van der Waals surface area contributed by atoms with Crippen LogP contribution in [0.1, 0.15) is 34.8 Å². The highest BCUT2D eigenvalue weighted by Crippen LogP contribution is 2.30. The first-order valence-corrected chi connectivity index (χ1v) is 8.14. The molecule has 0 amide bonds. The molecule has 0 aliphatic rings. The second kappa shape index (κ2) is 7.15. The molecule has 3 aromatic rings. The van der Waals surface area contributed by atoms with Gasteiger partial charge in [0.2, 0.25) is 5.88 Å². The highest BCUT2D eigenvalue weighted by Gasteiger charge is 2.31. The Morgan fingerprint density at radius 3 is 2.54 bits per heavy atom. The number of carbonyl (C=O) groups excluding carboxylic acids is 1. The Kier molecular flexibility index (Phi) is 4.93. The number of aromatic nitrogens is 1. The standard InChI is InChI=1S/C20H16F3NO2/c1-2-10-26-18-9-7-13-11-15(6-8-17(13)24-18)19(25)14-4-3-5-16(12-14)20(21,22)23/h3-9,11-12H,2,10H2,1H3. The van der Waals surface area contributed by atoms with Crippen molar-refractivity contribution in [1.82, 2.24) is 4.98 Å². The van der Waals surface area contributed by atoms with Crippen LogP contribution in [0.4, 0.5) is 13.2 Å². The van der Waals surface area contributed by atoms with Gasteiger partial charge in [-0.2, -0.15) is 13.2 Å². The minimum Gasteiger partial charge on any atom is -0.478 e. The van der Waals surface area contributed by atoms with Crippen molar-refractivity contribution in [3.8, 4) is 5.88 Å². The third-order valence-corrected chi connectivity index (χ3v) is 3.83. The lowest BCUT2D eigenvalue weighted by molar-refractivity contribution is -0.137. The first-order chi connectivity index (χ1) is 12.4. The van der Waals surface area contributed by atoms with Crippen LogP contribution in [0.3, 0.4) is 0 Å². The number of hydrogen-bond acceptors (Lipinski definition) is 3. The van der Waals surface area contributed by atoms with Gasteiger partial charge in [0.15, 0.2) is 5.78 Å². The third kappa shape index (κ3) is 3.85. The van der Waals surface area contributed by atoms with E-state index in [0.29, 0.717) is 29.0 Å². The number of nitrogens with zero attached hydrogens (tertiary/aromatic N) is 1. The summed E-state index contributed by atoms with van der Waals surface area (Å²) >= 11 is 0. The summed E-state index contributed by atoms with van der Waals surface area (Å²) < 4.78 is 44.0. The van der Waals surface area contributed by atoms with Gasteiger partial charge in [-0.1, -0.05) is 19.1 Å². The minimum atomic E-state index is -4.49. The second-order valence-corrected chi connectivity index (χ2v) is 5.81. The summed E-state index contributed by atoms with van der Waals surface area (Å²) in [6.45, 7) is 2.55. The number of ketones is 1. The molecule has 0 bridgehead atoms. The van der Waals surface area contributed by atoms with Gasteiger partial charge in [0.05, 0.1) is 17.7 Å². The van der Waals surface area contributed by atoms with Crippen molar-refractivity contribution < 1.29 is 22.7 Å². The van der Waals surface area contributed by atoms with E-state index >= 15 is 0 Å². The Balaban J connectivity index is 1.91. The van der Waals surface area contributed by atoms with Gasteiger partial charge in [0.1, 0.15) is 0 Å². The summed E-state index contributed by atoms with van der Waals surface area (Å²) in [7, 11) is 0. The van der Waals surface area contributed by atoms with E-state index in [2.05, 4.69) is 4.98 Å². The average molecular weight is 359 g/mol. The number of ether oxygens (including phenoxy) is 1. The molecule has 0 aliphatic heterocycles. The number of hydrogen-bond donors (Lipinski definition) is 0. The molecule has 26 heavy (non-hydrogen) atoms. The smallest absolute Gasteiger partial charge is 0.416 e. The average Bonchev–Trinajstić information content (AvgIpc) is 2.64. The molecule has 0 N–H and O–H groups in total. The van der Waals surface area contributed by atoms with Crippen molar-refractivity contribution in [2.24, 2.45) is 0 Å². The summed E-state index contributed by atoms with van der Waals surface area (Å²) in [5.41, 5.74) is 0.110. The van der Waals surface area contributed by atoms with Crippen LogP contribution in [0.15, 0.2) is 54.6 Å². The van der Waals surface area contributed by atoms with Gasteiger partial charge in [-0.3, -0.25) is 4.79 Å². The molecule has 3 rings (SSSR count).